The number of rotatable bonds is 7. The van der Waals surface area contributed by atoms with Gasteiger partial charge in [-0.05, 0) is 49.4 Å². The zero-order valence-electron chi connectivity index (χ0n) is 24.8. The molecule has 4 aromatic rings. The molecule has 13 heteroatoms. The predicted molar refractivity (Wildman–Crippen MR) is 163 cm³/mol. The summed E-state index contributed by atoms with van der Waals surface area (Å²) in [5.74, 6) is 0.278. The van der Waals surface area contributed by atoms with E-state index in [9.17, 15) is 18.7 Å². The molecule has 3 fully saturated rings. The molecular formula is C33H30F3N5O5. The van der Waals surface area contributed by atoms with Gasteiger partial charge < -0.3 is 24.2 Å². The maximum Gasteiger partial charge on any atom is 0.319 e. The molecule has 3 saturated heterocycles. The largest absolute Gasteiger partial charge is 0.508 e. The summed E-state index contributed by atoms with van der Waals surface area (Å²) < 4.78 is 63.3. The summed E-state index contributed by atoms with van der Waals surface area (Å²) in [7, 11) is 0. The number of phenols is 1. The molecule has 0 bridgehead atoms. The number of pyridine rings is 1. The van der Waals surface area contributed by atoms with Gasteiger partial charge in [0.15, 0.2) is 5.82 Å². The third-order valence-electron chi connectivity index (χ3n) is 9.08. The van der Waals surface area contributed by atoms with Crippen molar-refractivity contribution in [3.05, 3.63) is 41.5 Å². The van der Waals surface area contributed by atoms with Crippen molar-refractivity contribution in [1.29, 1.82) is 0 Å². The van der Waals surface area contributed by atoms with E-state index in [2.05, 4.69) is 25.8 Å². The van der Waals surface area contributed by atoms with Gasteiger partial charge in [-0.1, -0.05) is 12.0 Å². The van der Waals surface area contributed by atoms with Crippen LogP contribution in [0.4, 0.5) is 19.0 Å². The number of aromatic hydroxyl groups is 1. The Balaban J connectivity index is 1.45. The lowest BCUT2D eigenvalue weighted by atomic mass is 9.95. The number of carbonyl (C=O) groups excluding carboxylic acids is 1. The van der Waals surface area contributed by atoms with E-state index in [0.29, 0.717) is 51.1 Å². The molecule has 0 spiro atoms. The maximum atomic E-state index is 16.9. The molecule has 3 aliphatic heterocycles. The minimum atomic E-state index is -0.974. The van der Waals surface area contributed by atoms with E-state index in [1.807, 2.05) is 4.90 Å². The lowest BCUT2D eigenvalue weighted by Gasteiger charge is -2.31. The van der Waals surface area contributed by atoms with Gasteiger partial charge in [-0.3, -0.25) is 9.69 Å². The highest BCUT2D eigenvalue weighted by Crippen LogP contribution is 2.43. The Labute approximate surface area is 262 Å². The average molecular weight is 634 g/mol. The number of alkyl halides is 1. The number of fused-ring (bicyclic) bond motifs is 3. The maximum absolute atomic E-state index is 16.9. The van der Waals surface area contributed by atoms with Crippen LogP contribution in [0.25, 0.3) is 32.9 Å². The fourth-order valence-corrected chi connectivity index (χ4v) is 7.06. The Hall–Kier alpha value is -4.67. The van der Waals surface area contributed by atoms with Crippen LogP contribution in [0.1, 0.15) is 31.2 Å². The highest BCUT2D eigenvalue weighted by molar-refractivity contribution is 6.04. The molecular weight excluding hydrogens is 603 g/mol. The van der Waals surface area contributed by atoms with Gasteiger partial charge in [0.2, 0.25) is 5.88 Å². The van der Waals surface area contributed by atoms with Crippen LogP contribution in [0, 0.1) is 24.0 Å². The number of hydrogen-bond donors (Lipinski definition) is 1. The molecule has 0 aliphatic carbocycles. The summed E-state index contributed by atoms with van der Waals surface area (Å²) in [5.41, 5.74) is -1.38. The highest BCUT2D eigenvalue weighted by Gasteiger charge is 2.49. The lowest BCUT2D eigenvalue weighted by Crippen LogP contribution is -2.43. The van der Waals surface area contributed by atoms with E-state index >= 15 is 4.39 Å². The van der Waals surface area contributed by atoms with Crippen molar-refractivity contribution in [2.24, 2.45) is 0 Å². The van der Waals surface area contributed by atoms with Crippen LogP contribution in [0.3, 0.4) is 0 Å². The quantitative estimate of drug-likeness (QED) is 0.230. The summed E-state index contributed by atoms with van der Waals surface area (Å²) >= 11 is 0. The third kappa shape index (κ3) is 5.11. The fraction of sp³-hybridized carbons (Fsp3) is 0.394. The molecule has 238 valence electrons. The summed E-state index contributed by atoms with van der Waals surface area (Å²) in [5, 5.41) is 11.0. The van der Waals surface area contributed by atoms with Crippen molar-refractivity contribution in [2.75, 3.05) is 50.9 Å². The zero-order valence-corrected chi connectivity index (χ0v) is 24.8. The molecule has 2 aromatic heterocycles. The molecule has 0 radical (unpaired) electrons. The lowest BCUT2D eigenvalue weighted by molar-refractivity contribution is -0.120. The number of aromatic nitrogens is 3. The molecule has 0 unspecified atom stereocenters. The molecule has 7 rings (SSSR count). The van der Waals surface area contributed by atoms with E-state index in [-0.39, 0.29) is 64.0 Å². The summed E-state index contributed by atoms with van der Waals surface area (Å²) in [4.78, 5) is 29.1. The molecule has 5 heterocycles. The molecule has 2 aromatic carbocycles. The van der Waals surface area contributed by atoms with Crippen molar-refractivity contribution in [3.8, 4) is 41.2 Å². The SMILES string of the molecule is C#Cc1c(F)ccc2cc(O)cc(-c3nc(OC=O)c4c(N5CCCOCC5)nc(OC[C@@]56CCCN5C[C@H](F)C6)nc4c3F)c12. The molecule has 0 saturated carbocycles. The normalized spacial score (nSPS) is 21.7. The Morgan fingerprint density at radius 1 is 1.13 bits per heavy atom. The van der Waals surface area contributed by atoms with Crippen LogP contribution in [0.2, 0.25) is 0 Å². The van der Waals surface area contributed by atoms with Crippen LogP contribution >= 0.6 is 0 Å². The van der Waals surface area contributed by atoms with Crippen molar-refractivity contribution >= 4 is 34.0 Å². The van der Waals surface area contributed by atoms with Gasteiger partial charge >= 0.3 is 6.01 Å². The highest BCUT2D eigenvalue weighted by atomic mass is 19.1. The van der Waals surface area contributed by atoms with Gasteiger partial charge in [0.1, 0.15) is 46.8 Å². The second kappa shape index (κ2) is 11.9. The van der Waals surface area contributed by atoms with Gasteiger partial charge in [-0.15, -0.1) is 6.42 Å². The second-order valence-corrected chi connectivity index (χ2v) is 11.8. The first-order valence-corrected chi connectivity index (χ1v) is 15.1. The first-order valence-electron chi connectivity index (χ1n) is 15.1. The number of ether oxygens (including phenoxy) is 3. The van der Waals surface area contributed by atoms with Crippen LogP contribution in [-0.2, 0) is 9.53 Å². The number of hydrogen-bond acceptors (Lipinski definition) is 10. The van der Waals surface area contributed by atoms with Gasteiger partial charge in [0, 0.05) is 43.6 Å². The van der Waals surface area contributed by atoms with E-state index in [4.69, 9.17) is 20.6 Å². The minimum absolute atomic E-state index is 0.0146. The number of carbonyl (C=O) groups is 1. The third-order valence-corrected chi connectivity index (χ3v) is 9.08. The summed E-state index contributed by atoms with van der Waals surface area (Å²) in [6.07, 6.45) is 7.29. The monoisotopic (exact) mass is 633 g/mol. The smallest absolute Gasteiger partial charge is 0.319 e. The van der Waals surface area contributed by atoms with Gasteiger partial charge in [0.05, 0.1) is 17.7 Å². The first kappa shape index (κ1) is 30.0. The van der Waals surface area contributed by atoms with E-state index < -0.39 is 29.0 Å². The standard InChI is InChI=1S/C33H30F3N5O5/c1-2-22-24(35)6-5-19-13-21(43)14-23(25(19)22)28-27(36)29-26(31(37-28)46-18-42)30(40-8-4-11-44-12-10-40)39-32(38-29)45-17-33-7-3-9-41(33)16-20(34)15-33/h1,5-6,13-14,18,20,43H,3-4,7-12,15-17H2/t20-,33+/m1/s1. The number of halogens is 3. The molecule has 46 heavy (non-hydrogen) atoms. The Morgan fingerprint density at radius 3 is 2.83 bits per heavy atom. The van der Waals surface area contributed by atoms with Crippen LogP contribution in [0.15, 0.2) is 24.3 Å². The van der Waals surface area contributed by atoms with Crippen molar-refractivity contribution in [1.82, 2.24) is 19.9 Å². The van der Waals surface area contributed by atoms with Crippen LogP contribution in [-0.4, -0.2) is 89.1 Å². The van der Waals surface area contributed by atoms with Crippen molar-refractivity contribution in [3.63, 3.8) is 0 Å². The topological polar surface area (TPSA) is 110 Å². The Kier molecular flexibility index (Phi) is 7.78. The van der Waals surface area contributed by atoms with Crippen LogP contribution in [0.5, 0.6) is 17.6 Å². The summed E-state index contributed by atoms with van der Waals surface area (Å²) in [6.45, 7) is 3.09. The number of anilines is 1. The molecule has 3 aliphatic rings. The van der Waals surface area contributed by atoms with Crippen molar-refractivity contribution in [2.45, 2.75) is 37.4 Å². The minimum Gasteiger partial charge on any atom is -0.508 e. The molecule has 10 nitrogen and oxygen atoms in total. The van der Waals surface area contributed by atoms with Crippen molar-refractivity contribution < 1.29 is 37.3 Å². The number of phenolic OH excluding ortho intramolecular Hbond substituents is 1. The molecule has 0 amide bonds. The second-order valence-electron chi connectivity index (χ2n) is 11.8. The number of terminal acetylenes is 1. The van der Waals surface area contributed by atoms with Gasteiger partial charge in [-0.2, -0.15) is 9.97 Å². The average Bonchev–Trinajstić information content (AvgIpc) is 3.42. The zero-order chi connectivity index (χ0) is 32.0. The molecule has 2 atom stereocenters. The Morgan fingerprint density at radius 2 is 2.00 bits per heavy atom. The van der Waals surface area contributed by atoms with Gasteiger partial charge in [0.25, 0.3) is 6.47 Å². The summed E-state index contributed by atoms with van der Waals surface area (Å²) in [6, 6.07) is 4.98. The van der Waals surface area contributed by atoms with E-state index in [1.165, 1.54) is 18.2 Å². The first-order chi connectivity index (χ1) is 22.3. The van der Waals surface area contributed by atoms with E-state index in [1.54, 1.807) is 0 Å². The number of benzene rings is 2. The van der Waals surface area contributed by atoms with E-state index in [0.717, 1.165) is 25.5 Å². The molecule has 1 N–H and O–H groups in total. The van der Waals surface area contributed by atoms with Crippen LogP contribution < -0.4 is 14.4 Å². The predicted octanol–water partition coefficient (Wildman–Crippen LogP) is 4.53. The fourth-order valence-electron chi connectivity index (χ4n) is 7.06. The van der Waals surface area contributed by atoms with Gasteiger partial charge in [-0.25, -0.2) is 18.2 Å². The Bertz CT molecular complexity index is 1890. The number of nitrogens with zero attached hydrogens (tertiary/aromatic N) is 5.